The predicted octanol–water partition coefficient (Wildman–Crippen LogP) is 4.22. The number of guanidine groups is 1. The summed E-state index contributed by atoms with van der Waals surface area (Å²) in [6.07, 6.45) is 7.18. The monoisotopic (exact) mass is 506 g/mol. The molecule has 0 spiro atoms. The van der Waals surface area contributed by atoms with Gasteiger partial charge in [0.05, 0.1) is 6.61 Å². The van der Waals surface area contributed by atoms with Gasteiger partial charge in [-0.3, -0.25) is 4.99 Å². The molecule has 1 aromatic rings. The van der Waals surface area contributed by atoms with E-state index in [9.17, 15) is 0 Å². The van der Waals surface area contributed by atoms with E-state index in [4.69, 9.17) is 9.47 Å². The Balaban J connectivity index is 0.00000729. The number of nitrogens with one attached hydrogen (secondary N) is 2. The van der Waals surface area contributed by atoms with Crippen LogP contribution in [0.3, 0.4) is 0 Å². The number of anilines is 1. The molecular weight excluding hydrogens is 467 g/mol. The number of ether oxygens (including phenoxy) is 2. The van der Waals surface area contributed by atoms with Crippen LogP contribution in [0.15, 0.2) is 29.3 Å². The van der Waals surface area contributed by atoms with Gasteiger partial charge in [-0.25, -0.2) is 0 Å². The average molecular weight is 506 g/mol. The van der Waals surface area contributed by atoms with Crippen molar-refractivity contribution in [1.29, 1.82) is 0 Å². The molecule has 7 heteroatoms. The summed E-state index contributed by atoms with van der Waals surface area (Å²) in [5.74, 6) is 1.64. The standard InChI is InChI=1S/C21H38N4O2.HI/c1-22-21(23-14-8-6-5-7-9-15-25(2)3)24-19-12-10-13-20(18-19)27-17-11-16-26-4;/h10,12-13,18H,5-9,11,14-17H2,1-4H3,(H2,22,23,24);1H. The van der Waals surface area contributed by atoms with E-state index >= 15 is 0 Å². The van der Waals surface area contributed by atoms with Crippen molar-refractivity contribution in [1.82, 2.24) is 10.2 Å². The molecule has 0 unspecified atom stereocenters. The van der Waals surface area contributed by atoms with Gasteiger partial charge in [-0.2, -0.15) is 0 Å². The number of methoxy groups -OCH3 is 1. The van der Waals surface area contributed by atoms with Gasteiger partial charge in [-0.05, 0) is 45.6 Å². The van der Waals surface area contributed by atoms with E-state index in [1.54, 1.807) is 14.2 Å². The third kappa shape index (κ3) is 14.0. The van der Waals surface area contributed by atoms with E-state index < -0.39 is 0 Å². The number of nitrogens with zero attached hydrogens (tertiary/aromatic N) is 2. The average Bonchev–Trinajstić information content (AvgIpc) is 2.66. The molecule has 0 fully saturated rings. The van der Waals surface area contributed by atoms with Crippen molar-refractivity contribution in [3.05, 3.63) is 24.3 Å². The molecule has 0 aliphatic heterocycles. The smallest absolute Gasteiger partial charge is 0.195 e. The maximum Gasteiger partial charge on any atom is 0.195 e. The molecule has 0 aliphatic rings. The Labute approximate surface area is 188 Å². The number of aliphatic imine (C=N–C) groups is 1. The predicted molar refractivity (Wildman–Crippen MR) is 130 cm³/mol. The second kappa shape index (κ2) is 18.0. The minimum absolute atomic E-state index is 0. The summed E-state index contributed by atoms with van der Waals surface area (Å²) in [6, 6.07) is 7.95. The van der Waals surface area contributed by atoms with Gasteiger partial charge in [0.25, 0.3) is 0 Å². The molecule has 2 N–H and O–H groups in total. The molecule has 1 aromatic carbocycles. The first-order valence-electron chi connectivity index (χ1n) is 10.00. The first-order valence-corrected chi connectivity index (χ1v) is 10.00. The second-order valence-corrected chi connectivity index (χ2v) is 6.92. The number of unbranched alkanes of at least 4 members (excludes halogenated alkanes) is 4. The highest BCUT2D eigenvalue weighted by atomic mass is 127. The van der Waals surface area contributed by atoms with Crippen LogP contribution in [0.2, 0.25) is 0 Å². The first-order chi connectivity index (χ1) is 13.2. The van der Waals surface area contributed by atoms with Crippen LogP contribution in [-0.4, -0.2) is 65.4 Å². The Hall–Kier alpha value is -1.06. The van der Waals surface area contributed by atoms with Gasteiger partial charge in [-0.15, -0.1) is 24.0 Å². The van der Waals surface area contributed by atoms with Crippen LogP contribution in [0.25, 0.3) is 0 Å². The molecular formula is C21H39IN4O2. The zero-order valence-corrected chi connectivity index (χ0v) is 20.3. The quantitative estimate of drug-likeness (QED) is 0.171. The number of hydrogen-bond donors (Lipinski definition) is 2. The van der Waals surface area contributed by atoms with E-state index in [-0.39, 0.29) is 24.0 Å². The Kier molecular flexibility index (Phi) is 17.3. The Morgan fingerprint density at radius 2 is 1.79 bits per heavy atom. The van der Waals surface area contributed by atoms with E-state index in [1.807, 2.05) is 24.3 Å². The van der Waals surface area contributed by atoms with Crippen LogP contribution in [0.4, 0.5) is 5.69 Å². The molecule has 0 bridgehead atoms. The van der Waals surface area contributed by atoms with Crippen molar-refractivity contribution < 1.29 is 9.47 Å². The lowest BCUT2D eigenvalue weighted by Crippen LogP contribution is -2.31. The van der Waals surface area contributed by atoms with E-state index in [0.29, 0.717) is 13.2 Å². The SMILES string of the molecule is CN=C(NCCCCCCCN(C)C)Nc1cccc(OCCCOC)c1.I. The minimum Gasteiger partial charge on any atom is -0.493 e. The first kappa shape index (κ1) is 26.9. The van der Waals surface area contributed by atoms with Crippen molar-refractivity contribution in [2.75, 3.05) is 59.9 Å². The molecule has 0 amide bonds. The van der Waals surface area contributed by atoms with Crippen LogP contribution in [0.5, 0.6) is 5.75 Å². The summed E-state index contributed by atoms with van der Waals surface area (Å²) >= 11 is 0. The van der Waals surface area contributed by atoms with Crippen LogP contribution >= 0.6 is 24.0 Å². The summed E-state index contributed by atoms with van der Waals surface area (Å²) in [5.41, 5.74) is 0.969. The maximum atomic E-state index is 5.74. The van der Waals surface area contributed by atoms with Crippen LogP contribution in [-0.2, 0) is 4.74 Å². The van der Waals surface area contributed by atoms with E-state index in [1.165, 1.54) is 32.2 Å². The van der Waals surface area contributed by atoms with Crippen LogP contribution in [0.1, 0.15) is 38.5 Å². The fraction of sp³-hybridized carbons (Fsp3) is 0.667. The van der Waals surface area contributed by atoms with Crippen molar-refractivity contribution in [2.45, 2.75) is 38.5 Å². The normalized spacial score (nSPS) is 11.2. The molecule has 0 aromatic heterocycles. The molecule has 0 aliphatic carbocycles. The van der Waals surface area contributed by atoms with Gasteiger partial charge >= 0.3 is 0 Å². The lowest BCUT2D eigenvalue weighted by atomic mass is 10.1. The molecule has 28 heavy (non-hydrogen) atoms. The highest BCUT2D eigenvalue weighted by Crippen LogP contribution is 2.17. The number of halogens is 1. The fourth-order valence-corrected chi connectivity index (χ4v) is 2.66. The lowest BCUT2D eigenvalue weighted by molar-refractivity contribution is 0.172. The topological polar surface area (TPSA) is 58.1 Å². The van der Waals surface area contributed by atoms with Crippen molar-refractivity contribution in [3.8, 4) is 5.75 Å². The minimum atomic E-state index is 0. The van der Waals surface area contributed by atoms with Gasteiger partial charge in [0.1, 0.15) is 5.75 Å². The maximum absolute atomic E-state index is 5.74. The Morgan fingerprint density at radius 1 is 1.04 bits per heavy atom. The van der Waals surface area contributed by atoms with Gasteiger partial charge < -0.3 is 25.0 Å². The largest absolute Gasteiger partial charge is 0.493 e. The molecule has 0 atom stereocenters. The van der Waals surface area contributed by atoms with Gasteiger partial charge in [-0.1, -0.05) is 25.3 Å². The number of rotatable bonds is 14. The summed E-state index contributed by atoms with van der Waals surface area (Å²) in [7, 11) is 7.76. The van der Waals surface area contributed by atoms with Crippen LogP contribution in [0, 0.1) is 0 Å². The van der Waals surface area contributed by atoms with Crippen molar-refractivity contribution in [2.24, 2.45) is 4.99 Å². The summed E-state index contributed by atoms with van der Waals surface area (Å²) in [5, 5.41) is 6.70. The van der Waals surface area contributed by atoms with Crippen LogP contribution < -0.4 is 15.4 Å². The van der Waals surface area contributed by atoms with Crippen molar-refractivity contribution >= 4 is 35.6 Å². The third-order valence-electron chi connectivity index (χ3n) is 4.16. The van der Waals surface area contributed by atoms with E-state index in [2.05, 4.69) is 34.6 Å². The highest BCUT2D eigenvalue weighted by molar-refractivity contribution is 14.0. The zero-order valence-electron chi connectivity index (χ0n) is 18.0. The highest BCUT2D eigenvalue weighted by Gasteiger charge is 2.01. The van der Waals surface area contributed by atoms with Gasteiger partial charge in [0, 0.05) is 45.5 Å². The molecule has 1 rings (SSSR count). The lowest BCUT2D eigenvalue weighted by Gasteiger charge is -2.13. The molecule has 0 heterocycles. The zero-order chi connectivity index (χ0) is 19.7. The van der Waals surface area contributed by atoms with Crippen molar-refractivity contribution in [3.63, 3.8) is 0 Å². The third-order valence-corrected chi connectivity index (χ3v) is 4.16. The summed E-state index contributed by atoms with van der Waals surface area (Å²) in [6.45, 7) is 3.48. The van der Waals surface area contributed by atoms with Gasteiger partial charge in [0.2, 0.25) is 0 Å². The number of hydrogen-bond acceptors (Lipinski definition) is 4. The second-order valence-electron chi connectivity index (χ2n) is 6.92. The molecule has 0 radical (unpaired) electrons. The molecule has 0 saturated carbocycles. The molecule has 0 saturated heterocycles. The molecule has 162 valence electrons. The summed E-state index contributed by atoms with van der Waals surface area (Å²) in [4.78, 5) is 6.54. The molecule has 6 nitrogen and oxygen atoms in total. The fourth-order valence-electron chi connectivity index (χ4n) is 2.66. The Bertz CT molecular complexity index is 527. The van der Waals surface area contributed by atoms with Gasteiger partial charge in [0.15, 0.2) is 5.96 Å². The number of benzene rings is 1. The summed E-state index contributed by atoms with van der Waals surface area (Å²) < 4.78 is 10.8. The Morgan fingerprint density at radius 3 is 2.50 bits per heavy atom. The van der Waals surface area contributed by atoms with E-state index in [0.717, 1.165) is 36.8 Å².